The number of hydrogen-bond donors (Lipinski definition) is 1. The van der Waals surface area contributed by atoms with E-state index in [9.17, 15) is 4.79 Å². The third kappa shape index (κ3) is 4.12. The highest BCUT2D eigenvalue weighted by molar-refractivity contribution is 5.81. The summed E-state index contributed by atoms with van der Waals surface area (Å²) in [7, 11) is 3.41. The van der Waals surface area contributed by atoms with E-state index in [1.54, 1.807) is 13.2 Å². The van der Waals surface area contributed by atoms with Gasteiger partial charge in [-0.05, 0) is 36.7 Å². The SMILES string of the molecule is COc1ccc(CCN(C)C(C(N)=O)c2ccccc2)cc1C#N. The van der Waals surface area contributed by atoms with Crippen LogP contribution in [0.15, 0.2) is 48.5 Å². The zero-order chi connectivity index (χ0) is 17.5. The second kappa shape index (κ2) is 8.14. The normalized spacial score (nSPS) is 11.8. The van der Waals surface area contributed by atoms with Crippen LogP contribution in [0, 0.1) is 11.3 Å². The van der Waals surface area contributed by atoms with Crippen LogP contribution in [0.25, 0.3) is 0 Å². The average molecular weight is 323 g/mol. The molecule has 0 fully saturated rings. The topological polar surface area (TPSA) is 79.3 Å². The summed E-state index contributed by atoms with van der Waals surface area (Å²) in [4.78, 5) is 13.8. The molecule has 1 unspecified atom stereocenters. The lowest BCUT2D eigenvalue weighted by Gasteiger charge is -2.26. The first-order chi connectivity index (χ1) is 11.6. The number of nitrogens with two attached hydrogens (primary N) is 1. The number of ether oxygens (including phenoxy) is 1. The number of methoxy groups -OCH3 is 1. The van der Waals surface area contributed by atoms with Gasteiger partial charge in [0.05, 0.1) is 12.7 Å². The molecular formula is C19H21N3O2. The summed E-state index contributed by atoms with van der Waals surface area (Å²) < 4.78 is 5.15. The van der Waals surface area contributed by atoms with Crippen LogP contribution < -0.4 is 10.5 Å². The molecule has 124 valence electrons. The van der Waals surface area contributed by atoms with Gasteiger partial charge in [-0.25, -0.2) is 0 Å². The van der Waals surface area contributed by atoms with Crippen LogP contribution in [0.1, 0.15) is 22.7 Å². The number of hydrogen-bond acceptors (Lipinski definition) is 4. The molecule has 24 heavy (non-hydrogen) atoms. The highest BCUT2D eigenvalue weighted by Crippen LogP contribution is 2.21. The number of carbonyl (C=O) groups is 1. The van der Waals surface area contributed by atoms with Gasteiger partial charge in [0.2, 0.25) is 5.91 Å². The lowest BCUT2D eigenvalue weighted by atomic mass is 10.0. The molecular weight excluding hydrogens is 302 g/mol. The van der Waals surface area contributed by atoms with Crippen LogP contribution in [0.5, 0.6) is 5.75 Å². The van der Waals surface area contributed by atoms with Crippen LogP contribution in [-0.4, -0.2) is 31.5 Å². The Hall–Kier alpha value is -2.84. The van der Waals surface area contributed by atoms with Crippen molar-refractivity contribution in [2.75, 3.05) is 20.7 Å². The van der Waals surface area contributed by atoms with Crippen molar-refractivity contribution in [2.24, 2.45) is 5.73 Å². The Balaban J connectivity index is 2.10. The van der Waals surface area contributed by atoms with E-state index in [0.717, 1.165) is 11.1 Å². The molecule has 2 N–H and O–H groups in total. The number of rotatable bonds is 7. The van der Waals surface area contributed by atoms with E-state index >= 15 is 0 Å². The third-order valence-electron chi connectivity index (χ3n) is 3.96. The fraction of sp³-hybridized carbons (Fsp3) is 0.263. The van der Waals surface area contributed by atoms with Gasteiger partial charge < -0.3 is 10.5 Å². The molecule has 0 saturated carbocycles. The number of primary amides is 1. The van der Waals surface area contributed by atoms with Crippen molar-refractivity contribution in [3.05, 3.63) is 65.2 Å². The summed E-state index contributed by atoms with van der Waals surface area (Å²) in [5, 5.41) is 9.16. The quantitative estimate of drug-likeness (QED) is 0.847. The van der Waals surface area contributed by atoms with Gasteiger partial charge in [-0.1, -0.05) is 36.4 Å². The Kier molecular flexibility index (Phi) is 5.94. The lowest BCUT2D eigenvalue weighted by Crippen LogP contribution is -2.36. The zero-order valence-electron chi connectivity index (χ0n) is 13.9. The second-order valence-electron chi connectivity index (χ2n) is 5.59. The van der Waals surface area contributed by atoms with Crippen LogP contribution in [0.2, 0.25) is 0 Å². The number of nitriles is 1. The van der Waals surface area contributed by atoms with Crippen LogP contribution >= 0.6 is 0 Å². The van der Waals surface area contributed by atoms with Gasteiger partial charge in [0.25, 0.3) is 0 Å². The summed E-state index contributed by atoms with van der Waals surface area (Å²) in [6, 6.07) is 16.7. The van der Waals surface area contributed by atoms with Gasteiger partial charge in [-0.3, -0.25) is 9.69 Å². The number of nitrogens with zero attached hydrogens (tertiary/aromatic N) is 2. The number of carbonyl (C=O) groups excluding carboxylic acids is 1. The molecule has 0 aliphatic heterocycles. The van der Waals surface area contributed by atoms with E-state index in [1.165, 1.54) is 0 Å². The van der Waals surface area contributed by atoms with E-state index in [2.05, 4.69) is 6.07 Å². The number of benzene rings is 2. The van der Waals surface area contributed by atoms with E-state index in [-0.39, 0.29) is 5.91 Å². The first-order valence-electron chi connectivity index (χ1n) is 7.68. The van der Waals surface area contributed by atoms with E-state index in [4.69, 9.17) is 15.7 Å². The molecule has 5 nitrogen and oxygen atoms in total. The van der Waals surface area contributed by atoms with Crippen molar-refractivity contribution < 1.29 is 9.53 Å². The number of amides is 1. The molecule has 0 aliphatic carbocycles. The van der Waals surface area contributed by atoms with Crippen molar-refractivity contribution in [1.29, 1.82) is 5.26 Å². The Morgan fingerprint density at radius 1 is 1.29 bits per heavy atom. The molecule has 1 amide bonds. The van der Waals surface area contributed by atoms with Crippen molar-refractivity contribution >= 4 is 5.91 Å². The Morgan fingerprint density at radius 3 is 2.58 bits per heavy atom. The molecule has 0 heterocycles. The summed E-state index contributed by atoms with van der Waals surface area (Å²) in [5.74, 6) is 0.185. The standard InChI is InChI=1S/C19H21N3O2/c1-22(18(19(21)23)15-6-4-3-5-7-15)11-10-14-8-9-17(24-2)16(12-14)13-20/h3-9,12,18H,10-11H2,1-2H3,(H2,21,23). The zero-order valence-corrected chi connectivity index (χ0v) is 13.9. The van der Waals surface area contributed by atoms with Crippen LogP contribution in [0.3, 0.4) is 0 Å². The van der Waals surface area contributed by atoms with Crippen LogP contribution in [-0.2, 0) is 11.2 Å². The van der Waals surface area contributed by atoms with Crippen LogP contribution in [0.4, 0.5) is 0 Å². The summed E-state index contributed by atoms with van der Waals surface area (Å²) in [6.07, 6.45) is 0.700. The number of likely N-dealkylation sites (N-methyl/N-ethyl adjacent to an activating group) is 1. The maximum absolute atomic E-state index is 11.9. The van der Waals surface area contributed by atoms with Crippen molar-refractivity contribution in [2.45, 2.75) is 12.5 Å². The maximum Gasteiger partial charge on any atom is 0.239 e. The highest BCUT2D eigenvalue weighted by atomic mass is 16.5. The summed E-state index contributed by atoms with van der Waals surface area (Å²) in [6.45, 7) is 0.639. The molecule has 2 rings (SSSR count). The maximum atomic E-state index is 11.9. The van der Waals surface area contributed by atoms with Crippen molar-refractivity contribution in [3.63, 3.8) is 0 Å². The molecule has 0 bridgehead atoms. The molecule has 0 aliphatic rings. The predicted molar refractivity (Wildman–Crippen MR) is 92.4 cm³/mol. The van der Waals surface area contributed by atoms with Gasteiger partial charge >= 0.3 is 0 Å². The van der Waals surface area contributed by atoms with Crippen molar-refractivity contribution in [1.82, 2.24) is 4.90 Å². The Morgan fingerprint density at radius 2 is 2.00 bits per heavy atom. The van der Waals surface area contributed by atoms with E-state index in [1.807, 2.05) is 54.4 Å². The summed E-state index contributed by atoms with van der Waals surface area (Å²) >= 11 is 0. The van der Waals surface area contributed by atoms with Gasteiger partial charge in [0.15, 0.2) is 0 Å². The molecule has 5 heteroatoms. The van der Waals surface area contributed by atoms with Gasteiger partial charge in [-0.15, -0.1) is 0 Å². The average Bonchev–Trinajstić information content (AvgIpc) is 2.60. The molecule has 1 atom stereocenters. The largest absolute Gasteiger partial charge is 0.495 e. The lowest BCUT2D eigenvalue weighted by molar-refractivity contribution is -0.123. The van der Waals surface area contributed by atoms with Gasteiger partial charge in [0, 0.05) is 6.54 Å². The molecule has 0 radical (unpaired) electrons. The first kappa shape index (κ1) is 17.5. The van der Waals surface area contributed by atoms with E-state index in [0.29, 0.717) is 24.3 Å². The van der Waals surface area contributed by atoms with Gasteiger partial charge in [-0.2, -0.15) is 5.26 Å². The molecule has 2 aromatic rings. The Labute approximate surface area is 142 Å². The first-order valence-corrected chi connectivity index (χ1v) is 7.68. The fourth-order valence-electron chi connectivity index (χ4n) is 2.70. The highest BCUT2D eigenvalue weighted by Gasteiger charge is 2.22. The second-order valence-corrected chi connectivity index (χ2v) is 5.59. The minimum atomic E-state index is -0.472. The predicted octanol–water partition coefficient (Wildman–Crippen LogP) is 2.27. The fourth-order valence-corrected chi connectivity index (χ4v) is 2.70. The molecule has 0 saturated heterocycles. The molecule has 2 aromatic carbocycles. The van der Waals surface area contributed by atoms with E-state index < -0.39 is 6.04 Å². The van der Waals surface area contributed by atoms with Crippen molar-refractivity contribution in [3.8, 4) is 11.8 Å². The monoisotopic (exact) mass is 323 g/mol. The Bertz CT molecular complexity index is 738. The summed E-state index contributed by atoms with van der Waals surface area (Å²) in [5.41, 5.74) is 7.97. The minimum absolute atomic E-state index is 0.379. The molecule has 0 aromatic heterocycles. The third-order valence-corrected chi connectivity index (χ3v) is 3.96. The minimum Gasteiger partial charge on any atom is -0.495 e. The van der Waals surface area contributed by atoms with Gasteiger partial charge in [0.1, 0.15) is 17.9 Å². The molecule has 0 spiro atoms. The smallest absolute Gasteiger partial charge is 0.239 e.